The lowest BCUT2D eigenvalue weighted by Crippen LogP contribution is -2.41. The van der Waals surface area contributed by atoms with Crippen molar-refractivity contribution in [1.82, 2.24) is 10.1 Å². The topological polar surface area (TPSA) is 79.7 Å². The first-order valence-electron chi connectivity index (χ1n) is 9.05. The summed E-state index contributed by atoms with van der Waals surface area (Å²) >= 11 is 0. The number of aliphatic hydroxyl groups is 1. The minimum absolute atomic E-state index is 0.0331. The van der Waals surface area contributed by atoms with Gasteiger partial charge in [-0.1, -0.05) is 31.8 Å². The van der Waals surface area contributed by atoms with Crippen molar-refractivity contribution >= 4 is 5.91 Å². The minimum atomic E-state index is -0.711. The van der Waals surface area contributed by atoms with Gasteiger partial charge in [0.2, 0.25) is 0 Å². The Hall–Kier alpha value is -2.08. The third-order valence-electron chi connectivity index (χ3n) is 4.82. The molecule has 3 heterocycles. The minimum Gasteiger partial charge on any atom is -0.467 e. The second kappa shape index (κ2) is 7.87. The molecule has 0 spiro atoms. The smallest absolute Gasteiger partial charge is 0.276 e. The highest BCUT2D eigenvalue weighted by molar-refractivity contribution is 5.92. The molecule has 0 radical (unpaired) electrons. The van der Waals surface area contributed by atoms with Gasteiger partial charge < -0.3 is 18.9 Å². The van der Waals surface area contributed by atoms with E-state index in [4.69, 9.17) is 8.94 Å². The van der Waals surface area contributed by atoms with E-state index >= 15 is 0 Å². The largest absolute Gasteiger partial charge is 0.467 e. The molecule has 0 bridgehead atoms. The highest BCUT2D eigenvalue weighted by atomic mass is 16.5. The first-order chi connectivity index (χ1) is 12.1. The van der Waals surface area contributed by atoms with Gasteiger partial charge in [0.15, 0.2) is 5.69 Å². The average molecular weight is 346 g/mol. The predicted molar refractivity (Wildman–Crippen MR) is 92.2 cm³/mol. The number of hydrogen-bond donors (Lipinski definition) is 1. The second-order valence-corrected chi connectivity index (χ2v) is 7.04. The van der Waals surface area contributed by atoms with Gasteiger partial charge in [0.1, 0.15) is 17.6 Å². The SMILES string of the molecule is CC(C)c1cc(C(=O)N2CCCCCC2CC(O)c2ccco2)no1. The summed E-state index contributed by atoms with van der Waals surface area (Å²) in [6, 6.07) is 5.23. The van der Waals surface area contributed by atoms with Crippen LogP contribution in [0.4, 0.5) is 0 Å². The number of amides is 1. The van der Waals surface area contributed by atoms with Gasteiger partial charge in [-0.3, -0.25) is 4.79 Å². The van der Waals surface area contributed by atoms with Gasteiger partial charge in [-0.25, -0.2) is 0 Å². The Morgan fingerprint density at radius 2 is 2.20 bits per heavy atom. The molecule has 0 aliphatic carbocycles. The van der Waals surface area contributed by atoms with E-state index in [2.05, 4.69) is 5.16 Å². The van der Waals surface area contributed by atoms with Gasteiger partial charge in [0.25, 0.3) is 5.91 Å². The molecule has 6 nitrogen and oxygen atoms in total. The van der Waals surface area contributed by atoms with Gasteiger partial charge in [0.05, 0.1) is 6.26 Å². The first-order valence-corrected chi connectivity index (χ1v) is 9.05. The summed E-state index contributed by atoms with van der Waals surface area (Å²) in [5.74, 6) is 1.33. The summed E-state index contributed by atoms with van der Waals surface area (Å²) < 4.78 is 10.6. The Balaban J connectivity index is 1.76. The van der Waals surface area contributed by atoms with Crippen molar-refractivity contribution in [3.8, 4) is 0 Å². The number of likely N-dealkylation sites (tertiary alicyclic amines) is 1. The van der Waals surface area contributed by atoms with Crippen LogP contribution in [-0.4, -0.2) is 33.7 Å². The van der Waals surface area contributed by atoms with E-state index in [0.717, 1.165) is 25.7 Å². The van der Waals surface area contributed by atoms with Crippen LogP contribution in [0.2, 0.25) is 0 Å². The Bertz CT molecular complexity index is 677. The molecule has 0 saturated carbocycles. The molecule has 2 aromatic heterocycles. The van der Waals surface area contributed by atoms with E-state index in [1.54, 1.807) is 24.5 Å². The summed E-state index contributed by atoms with van der Waals surface area (Å²) in [7, 11) is 0. The van der Waals surface area contributed by atoms with Crippen LogP contribution < -0.4 is 0 Å². The number of nitrogens with zero attached hydrogens (tertiary/aromatic N) is 2. The van der Waals surface area contributed by atoms with Gasteiger partial charge in [-0.15, -0.1) is 0 Å². The standard InChI is InChI=1S/C19H26N2O4/c1-13(2)18-12-15(20-25-18)19(23)21-9-5-3-4-7-14(21)11-16(22)17-8-6-10-24-17/h6,8,10,12-14,16,22H,3-5,7,9,11H2,1-2H3. The monoisotopic (exact) mass is 346 g/mol. The quantitative estimate of drug-likeness (QED) is 0.888. The number of furan rings is 1. The molecule has 1 amide bonds. The van der Waals surface area contributed by atoms with Crippen LogP contribution in [-0.2, 0) is 0 Å². The highest BCUT2D eigenvalue weighted by Gasteiger charge is 2.30. The van der Waals surface area contributed by atoms with Crippen molar-refractivity contribution in [3.63, 3.8) is 0 Å². The lowest BCUT2D eigenvalue weighted by molar-refractivity contribution is 0.0548. The van der Waals surface area contributed by atoms with Crippen LogP contribution in [0, 0.1) is 0 Å². The summed E-state index contributed by atoms with van der Waals surface area (Å²) in [5.41, 5.74) is 0.350. The highest BCUT2D eigenvalue weighted by Crippen LogP contribution is 2.28. The lowest BCUT2D eigenvalue weighted by Gasteiger charge is -2.30. The van der Waals surface area contributed by atoms with Crippen LogP contribution in [0.25, 0.3) is 0 Å². The summed E-state index contributed by atoms with van der Waals surface area (Å²) in [6.07, 6.45) is 5.29. The molecule has 1 aliphatic heterocycles. The molecule has 1 fully saturated rings. The Labute approximate surface area is 147 Å². The zero-order chi connectivity index (χ0) is 17.8. The third-order valence-corrected chi connectivity index (χ3v) is 4.82. The van der Waals surface area contributed by atoms with Crippen LogP contribution in [0.15, 0.2) is 33.4 Å². The Morgan fingerprint density at radius 1 is 1.36 bits per heavy atom. The summed E-state index contributed by atoms with van der Waals surface area (Å²) in [4.78, 5) is 14.8. The van der Waals surface area contributed by atoms with E-state index in [-0.39, 0.29) is 17.9 Å². The fourth-order valence-corrected chi connectivity index (χ4v) is 3.35. The zero-order valence-corrected chi connectivity index (χ0v) is 14.9. The van der Waals surface area contributed by atoms with Crippen LogP contribution in [0.1, 0.15) is 80.0 Å². The van der Waals surface area contributed by atoms with Crippen molar-refractivity contribution in [2.24, 2.45) is 0 Å². The molecule has 2 atom stereocenters. The van der Waals surface area contributed by atoms with Crippen molar-refractivity contribution < 1.29 is 18.8 Å². The van der Waals surface area contributed by atoms with Crippen molar-refractivity contribution in [3.05, 3.63) is 41.7 Å². The van der Waals surface area contributed by atoms with Crippen molar-refractivity contribution in [2.75, 3.05) is 6.54 Å². The lowest BCUT2D eigenvalue weighted by atomic mass is 10.0. The maximum atomic E-state index is 13.0. The Kier molecular flexibility index (Phi) is 5.58. The second-order valence-electron chi connectivity index (χ2n) is 7.04. The molecule has 1 aliphatic rings. The molecular weight excluding hydrogens is 320 g/mol. The molecule has 25 heavy (non-hydrogen) atoms. The van der Waals surface area contributed by atoms with Gasteiger partial charge in [-0.2, -0.15) is 0 Å². The van der Waals surface area contributed by atoms with E-state index in [1.165, 1.54) is 0 Å². The van der Waals surface area contributed by atoms with E-state index < -0.39 is 6.10 Å². The number of aliphatic hydroxyl groups excluding tert-OH is 1. The van der Waals surface area contributed by atoms with Crippen LogP contribution in [0.5, 0.6) is 0 Å². The van der Waals surface area contributed by atoms with Gasteiger partial charge >= 0.3 is 0 Å². The maximum absolute atomic E-state index is 13.0. The molecule has 6 heteroatoms. The average Bonchev–Trinajstić information content (AvgIpc) is 3.24. The molecule has 2 aromatic rings. The predicted octanol–water partition coefficient (Wildman–Crippen LogP) is 3.90. The number of hydrogen-bond acceptors (Lipinski definition) is 5. The summed E-state index contributed by atoms with van der Waals surface area (Å²) in [6.45, 7) is 4.69. The molecule has 1 N–H and O–H groups in total. The molecular formula is C19H26N2O4. The molecule has 3 rings (SSSR count). The maximum Gasteiger partial charge on any atom is 0.276 e. The number of aromatic nitrogens is 1. The van der Waals surface area contributed by atoms with Gasteiger partial charge in [0, 0.05) is 31.0 Å². The number of carbonyl (C=O) groups is 1. The number of carbonyl (C=O) groups excluding carboxylic acids is 1. The molecule has 0 aromatic carbocycles. The normalized spacial score (nSPS) is 19.8. The zero-order valence-electron chi connectivity index (χ0n) is 14.9. The van der Waals surface area contributed by atoms with Crippen molar-refractivity contribution in [1.29, 1.82) is 0 Å². The Morgan fingerprint density at radius 3 is 2.88 bits per heavy atom. The third kappa shape index (κ3) is 4.12. The summed E-state index contributed by atoms with van der Waals surface area (Å²) in [5, 5.41) is 14.4. The molecule has 1 saturated heterocycles. The first kappa shape index (κ1) is 17.7. The van der Waals surface area contributed by atoms with E-state index in [1.807, 2.05) is 18.7 Å². The van der Waals surface area contributed by atoms with Crippen molar-refractivity contribution in [2.45, 2.75) is 64.0 Å². The van der Waals surface area contributed by atoms with E-state index in [9.17, 15) is 9.90 Å². The van der Waals surface area contributed by atoms with Gasteiger partial charge in [-0.05, 0) is 25.0 Å². The fourth-order valence-electron chi connectivity index (χ4n) is 3.35. The fraction of sp³-hybridized carbons (Fsp3) is 0.579. The van der Waals surface area contributed by atoms with Crippen LogP contribution in [0.3, 0.4) is 0 Å². The molecule has 136 valence electrons. The number of rotatable bonds is 5. The van der Waals surface area contributed by atoms with E-state index in [0.29, 0.717) is 30.2 Å². The van der Waals surface area contributed by atoms with Crippen LogP contribution >= 0.6 is 0 Å². The molecule has 2 unspecified atom stereocenters.